The van der Waals surface area contributed by atoms with E-state index in [9.17, 15) is 5.11 Å². The SMILES string of the molecule is COc1ccc(CC(CCO)N=Nc2ccc(OC)cc2)cc1. The Kier molecular flexibility index (Phi) is 6.56. The van der Waals surface area contributed by atoms with Crippen LogP contribution in [0.1, 0.15) is 12.0 Å². The van der Waals surface area contributed by atoms with Crippen molar-refractivity contribution in [2.45, 2.75) is 18.9 Å². The fourth-order valence-corrected chi connectivity index (χ4v) is 2.18. The Bertz CT molecular complexity index is 609. The summed E-state index contributed by atoms with van der Waals surface area (Å²) in [5.74, 6) is 1.61. The zero-order chi connectivity index (χ0) is 16.5. The number of rotatable bonds is 8. The summed E-state index contributed by atoms with van der Waals surface area (Å²) in [7, 11) is 3.27. The van der Waals surface area contributed by atoms with Crippen LogP contribution in [0.4, 0.5) is 5.69 Å². The first-order valence-electron chi connectivity index (χ1n) is 7.54. The van der Waals surface area contributed by atoms with Crippen molar-refractivity contribution in [3.63, 3.8) is 0 Å². The lowest BCUT2D eigenvalue weighted by Gasteiger charge is -2.10. The van der Waals surface area contributed by atoms with Crippen LogP contribution < -0.4 is 9.47 Å². The molecule has 0 heterocycles. The summed E-state index contributed by atoms with van der Waals surface area (Å²) in [6, 6.07) is 15.2. The summed E-state index contributed by atoms with van der Waals surface area (Å²) in [6.07, 6.45) is 1.30. The molecule has 2 aromatic rings. The normalized spacial score (nSPS) is 12.3. The first-order valence-corrected chi connectivity index (χ1v) is 7.54. The zero-order valence-corrected chi connectivity index (χ0v) is 13.5. The van der Waals surface area contributed by atoms with Gasteiger partial charge in [-0.3, -0.25) is 0 Å². The van der Waals surface area contributed by atoms with E-state index in [1.54, 1.807) is 14.2 Å². The Morgan fingerprint density at radius 1 is 0.913 bits per heavy atom. The minimum absolute atomic E-state index is 0.0597. The molecule has 0 radical (unpaired) electrons. The van der Waals surface area contributed by atoms with Gasteiger partial charge in [0, 0.05) is 6.61 Å². The van der Waals surface area contributed by atoms with Gasteiger partial charge in [-0.05, 0) is 54.8 Å². The van der Waals surface area contributed by atoms with Crippen molar-refractivity contribution < 1.29 is 14.6 Å². The first-order chi connectivity index (χ1) is 11.2. The molecule has 0 aromatic heterocycles. The molecule has 0 saturated heterocycles. The number of nitrogens with zero attached hydrogens (tertiary/aromatic N) is 2. The quantitative estimate of drug-likeness (QED) is 0.754. The van der Waals surface area contributed by atoms with Crippen molar-refractivity contribution in [2.24, 2.45) is 10.2 Å². The maximum Gasteiger partial charge on any atom is 0.119 e. The van der Waals surface area contributed by atoms with Crippen LogP contribution in [-0.4, -0.2) is 32.0 Å². The zero-order valence-electron chi connectivity index (χ0n) is 13.5. The average molecular weight is 314 g/mol. The molecule has 2 aromatic carbocycles. The number of aliphatic hydroxyl groups excluding tert-OH is 1. The minimum atomic E-state index is -0.0597. The number of azo groups is 1. The molecule has 0 aliphatic rings. The number of ether oxygens (including phenoxy) is 2. The predicted octanol–water partition coefficient (Wildman–Crippen LogP) is 3.78. The maximum absolute atomic E-state index is 9.22. The van der Waals surface area contributed by atoms with Gasteiger partial charge in [0.25, 0.3) is 0 Å². The molecule has 0 saturated carbocycles. The number of hydrogen-bond donors (Lipinski definition) is 1. The van der Waals surface area contributed by atoms with Gasteiger partial charge in [-0.25, -0.2) is 0 Å². The second-order valence-corrected chi connectivity index (χ2v) is 5.13. The van der Waals surface area contributed by atoms with Crippen molar-refractivity contribution in [2.75, 3.05) is 20.8 Å². The van der Waals surface area contributed by atoms with Gasteiger partial charge >= 0.3 is 0 Å². The van der Waals surface area contributed by atoms with Crippen molar-refractivity contribution in [1.82, 2.24) is 0 Å². The topological polar surface area (TPSA) is 63.4 Å². The molecule has 5 nitrogen and oxygen atoms in total. The molecule has 0 aliphatic carbocycles. The van der Waals surface area contributed by atoms with Crippen LogP contribution in [0, 0.1) is 0 Å². The van der Waals surface area contributed by atoms with Crippen LogP contribution in [0.3, 0.4) is 0 Å². The third-order valence-electron chi connectivity index (χ3n) is 3.50. The molecule has 0 spiro atoms. The summed E-state index contributed by atoms with van der Waals surface area (Å²) in [4.78, 5) is 0. The molecular formula is C18H22N2O3. The second-order valence-electron chi connectivity index (χ2n) is 5.13. The standard InChI is InChI=1S/C18H22N2O3/c1-22-17-7-3-14(4-8-17)13-16(11-12-21)20-19-15-5-9-18(23-2)10-6-15/h3-10,16,21H,11-13H2,1-2H3. The van der Waals surface area contributed by atoms with Crippen molar-refractivity contribution in [3.8, 4) is 11.5 Å². The van der Waals surface area contributed by atoms with Gasteiger partial charge in [-0.1, -0.05) is 12.1 Å². The molecule has 2 rings (SSSR count). The van der Waals surface area contributed by atoms with E-state index in [0.29, 0.717) is 6.42 Å². The van der Waals surface area contributed by atoms with Gasteiger partial charge in [-0.2, -0.15) is 10.2 Å². The summed E-state index contributed by atoms with van der Waals surface area (Å²) >= 11 is 0. The van der Waals surface area contributed by atoms with E-state index in [1.807, 2.05) is 48.5 Å². The van der Waals surface area contributed by atoms with Gasteiger partial charge < -0.3 is 14.6 Å². The monoisotopic (exact) mass is 314 g/mol. The predicted molar refractivity (Wildman–Crippen MR) is 89.7 cm³/mol. The fraction of sp³-hybridized carbons (Fsp3) is 0.333. The molecule has 0 fully saturated rings. The van der Waals surface area contributed by atoms with Crippen LogP contribution in [0.5, 0.6) is 11.5 Å². The summed E-state index contributed by atoms with van der Waals surface area (Å²) < 4.78 is 10.3. The van der Waals surface area contributed by atoms with Gasteiger partial charge in [0.05, 0.1) is 25.9 Å². The van der Waals surface area contributed by atoms with Crippen LogP contribution in [0.2, 0.25) is 0 Å². The molecule has 1 unspecified atom stereocenters. The van der Waals surface area contributed by atoms with E-state index in [-0.39, 0.29) is 12.6 Å². The largest absolute Gasteiger partial charge is 0.497 e. The first kappa shape index (κ1) is 17.0. The molecule has 5 heteroatoms. The van der Waals surface area contributed by atoms with Gasteiger partial charge in [0.15, 0.2) is 0 Å². The minimum Gasteiger partial charge on any atom is -0.497 e. The highest BCUT2D eigenvalue weighted by Gasteiger charge is 2.08. The number of methoxy groups -OCH3 is 2. The van der Waals surface area contributed by atoms with Crippen LogP contribution in [0.15, 0.2) is 58.8 Å². The van der Waals surface area contributed by atoms with Crippen LogP contribution in [-0.2, 0) is 6.42 Å². The number of hydrogen-bond acceptors (Lipinski definition) is 5. The number of aliphatic hydroxyl groups is 1. The highest BCUT2D eigenvalue weighted by atomic mass is 16.5. The van der Waals surface area contributed by atoms with Gasteiger partial charge in [-0.15, -0.1) is 0 Å². The highest BCUT2D eigenvalue weighted by molar-refractivity contribution is 5.40. The second kappa shape index (κ2) is 8.90. The molecule has 0 aliphatic heterocycles. The molecule has 1 atom stereocenters. The van der Waals surface area contributed by atoms with Crippen LogP contribution >= 0.6 is 0 Å². The molecule has 0 amide bonds. The number of benzene rings is 2. The third kappa shape index (κ3) is 5.38. The molecule has 122 valence electrons. The van der Waals surface area contributed by atoms with Crippen LogP contribution in [0.25, 0.3) is 0 Å². The molecule has 1 N–H and O–H groups in total. The van der Waals surface area contributed by atoms with Gasteiger partial charge in [0.1, 0.15) is 11.5 Å². The van der Waals surface area contributed by atoms with Gasteiger partial charge in [0.2, 0.25) is 0 Å². The lowest BCUT2D eigenvalue weighted by molar-refractivity contribution is 0.274. The van der Waals surface area contributed by atoms with E-state index in [2.05, 4.69) is 10.2 Å². The summed E-state index contributed by atoms with van der Waals surface area (Å²) in [5, 5.41) is 17.9. The summed E-state index contributed by atoms with van der Waals surface area (Å²) in [5.41, 5.74) is 1.90. The Labute approximate surface area is 136 Å². The third-order valence-corrected chi connectivity index (χ3v) is 3.50. The lowest BCUT2D eigenvalue weighted by Crippen LogP contribution is -2.10. The van der Waals surface area contributed by atoms with E-state index in [1.165, 1.54) is 0 Å². The fourth-order valence-electron chi connectivity index (χ4n) is 2.18. The highest BCUT2D eigenvalue weighted by Crippen LogP contribution is 2.20. The van der Waals surface area contributed by atoms with E-state index in [0.717, 1.165) is 29.2 Å². The molecule has 0 bridgehead atoms. The average Bonchev–Trinajstić information content (AvgIpc) is 2.61. The van der Waals surface area contributed by atoms with E-state index < -0.39 is 0 Å². The Hall–Kier alpha value is -2.40. The Balaban J connectivity index is 2.02. The van der Waals surface area contributed by atoms with Crippen molar-refractivity contribution >= 4 is 5.69 Å². The maximum atomic E-state index is 9.22. The smallest absolute Gasteiger partial charge is 0.119 e. The Morgan fingerprint density at radius 2 is 1.48 bits per heavy atom. The molecular weight excluding hydrogens is 292 g/mol. The van der Waals surface area contributed by atoms with E-state index >= 15 is 0 Å². The van der Waals surface area contributed by atoms with E-state index in [4.69, 9.17) is 9.47 Å². The Morgan fingerprint density at radius 3 is 2.00 bits per heavy atom. The molecule has 23 heavy (non-hydrogen) atoms. The summed E-state index contributed by atoms with van der Waals surface area (Å²) in [6.45, 7) is 0.0858. The lowest BCUT2D eigenvalue weighted by atomic mass is 10.0. The van der Waals surface area contributed by atoms with Crippen molar-refractivity contribution in [1.29, 1.82) is 0 Å². The van der Waals surface area contributed by atoms with Crippen molar-refractivity contribution in [3.05, 3.63) is 54.1 Å².